The Kier molecular flexibility index (Phi) is 4.47. The first-order chi connectivity index (χ1) is 9.56. The molecule has 0 saturated heterocycles. The molecule has 1 amide bonds. The van der Waals surface area contributed by atoms with Crippen molar-refractivity contribution in [2.45, 2.75) is 6.54 Å². The minimum atomic E-state index is -0.522. The van der Waals surface area contributed by atoms with Crippen molar-refractivity contribution in [2.24, 2.45) is 0 Å². The number of hydrogen-bond acceptors (Lipinski definition) is 3. The highest BCUT2D eigenvalue weighted by atomic mass is 79.9. The first-order valence-electron chi connectivity index (χ1n) is 5.83. The number of carbonyl (C=O) groups excluding carboxylic acids is 1. The summed E-state index contributed by atoms with van der Waals surface area (Å²) in [5.41, 5.74) is 1.13. The van der Waals surface area contributed by atoms with Gasteiger partial charge >= 0.3 is 0 Å². The predicted octanol–water partition coefficient (Wildman–Crippen LogP) is 3.29. The van der Waals surface area contributed by atoms with E-state index in [2.05, 4.69) is 21.2 Å². The van der Waals surface area contributed by atoms with Gasteiger partial charge in [0.05, 0.1) is 4.92 Å². The highest BCUT2D eigenvalue weighted by Crippen LogP contribution is 2.13. The summed E-state index contributed by atoms with van der Waals surface area (Å²) in [5.74, 6) is -0.336. The number of benzene rings is 2. The van der Waals surface area contributed by atoms with Crippen LogP contribution < -0.4 is 5.32 Å². The van der Waals surface area contributed by atoms with Crippen LogP contribution in [0.4, 0.5) is 5.69 Å². The van der Waals surface area contributed by atoms with E-state index in [1.807, 2.05) is 24.3 Å². The Balaban J connectivity index is 2.03. The van der Waals surface area contributed by atoms with Crippen LogP contribution >= 0.6 is 15.9 Å². The van der Waals surface area contributed by atoms with E-state index in [1.54, 1.807) is 6.07 Å². The van der Waals surface area contributed by atoms with Crippen molar-refractivity contribution in [1.29, 1.82) is 0 Å². The lowest BCUT2D eigenvalue weighted by Gasteiger charge is -2.05. The highest BCUT2D eigenvalue weighted by Gasteiger charge is 2.10. The molecule has 2 rings (SSSR count). The number of nitro benzene ring substituents is 1. The van der Waals surface area contributed by atoms with E-state index in [4.69, 9.17) is 0 Å². The van der Waals surface area contributed by atoms with E-state index in [9.17, 15) is 14.9 Å². The number of rotatable bonds is 4. The van der Waals surface area contributed by atoms with Crippen LogP contribution in [-0.4, -0.2) is 10.8 Å². The first kappa shape index (κ1) is 14.2. The summed E-state index contributed by atoms with van der Waals surface area (Å²) in [6, 6.07) is 13.2. The zero-order valence-corrected chi connectivity index (χ0v) is 12.0. The van der Waals surface area contributed by atoms with Crippen LogP contribution in [0.2, 0.25) is 0 Å². The van der Waals surface area contributed by atoms with Crippen LogP contribution in [0.15, 0.2) is 53.0 Å². The van der Waals surface area contributed by atoms with Crippen molar-refractivity contribution in [3.05, 3.63) is 74.2 Å². The van der Waals surface area contributed by atoms with Gasteiger partial charge in [0, 0.05) is 28.7 Å². The van der Waals surface area contributed by atoms with E-state index in [1.165, 1.54) is 18.2 Å². The Hall–Kier alpha value is -2.21. The highest BCUT2D eigenvalue weighted by molar-refractivity contribution is 9.10. The lowest BCUT2D eigenvalue weighted by atomic mass is 10.1. The molecule has 1 N–H and O–H groups in total. The van der Waals surface area contributed by atoms with Gasteiger partial charge in [0.15, 0.2) is 0 Å². The molecule has 5 nitrogen and oxygen atoms in total. The maximum absolute atomic E-state index is 11.9. The second-order valence-corrected chi connectivity index (χ2v) is 5.03. The monoisotopic (exact) mass is 334 g/mol. The average molecular weight is 335 g/mol. The largest absolute Gasteiger partial charge is 0.348 e. The van der Waals surface area contributed by atoms with E-state index in [0.29, 0.717) is 6.54 Å². The molecule has 2 aromatic rings. The molecule has 20 heavy (non-hydrogen) atoms. The van der Waals surface area contributed by atoms with Gasteiger partial charge in [-0.15, -0.1) is 0 Å². The van der Waals surface area contributed by atoms with Gasteiger partial charge < -0.3 is 5.32 Å². The summed E-state index contributed by atoms with van der Waals surface area (Å²) >= 11 is 3.33. The molecule has 0 aliphatic heterocycles. The molecule has 0 aliphatic carbocycles. The fourth-order valence-electron chi connectivity index (χ4n) is 1.65. The van der Waals surface area contributed by atoms with Crippen LogP contribution in [0.5, 0.6) is 0 Å². The minimum absolute atomic E-state index is 0.0960. The third-order valence-corrected chi connectivity index (χ3v) is 3.21. The van der Waals surface area contributed by atoms with Crippen LogP contribution in [-0.2, 0) is 6.54 Å². The third-order valence-electron chi connectivity index (χ3n) is 2.69. The van der Waals surface area contributed by atoms with Crippen LogP contribution in [0.25, 0.3) is 0 Å². The van der Waals surface area contributed by atoms with Crippen molar-refractivity contribution in [1.82, 2.24) is 5.32 Å². The molecule has 2 aromatic carbocycles. The number of nitro groups is 1. The topological polar surface area (TPSA) is 72.2 Å². The number of hydrogen-bond donors (Lipinski definition) is 1. The number of carbonyl (C=O) groups is 1. The van der Waals surface area contributed by atoms with Crippen LogP contribution in [0.1, 0.15) is 15.9 Å². The molecule has 0 atom stereocenters. The zero-order chi connectivity index (χ0) is 14.5. The summed E-state index contributed by atoms with van der Waals surface area (Å²) in [5, 5.41) is 13.4. The second kappa shape index (κ2) is 6.29. The molecule has 0 heterocycles. The van der Waals surface area contributed by atoms with Crippen molar-refractivity contribution in [2.75, 3.05) is 0 Å². The van der Waals surface area contributed by atoms with Gasteiger partial charge in [-0.25, -0.2) is 0 Å². The van der Waals surface area contributed by atoms with Gasteiger partial charge in [0.2, 0.25) is 0 Å². The molecule has 6 heteroatoms. The normalized spacial score (nSPS) is 10.1. The average Bonchev–Trinajstić information content (AvgIpc) is 2.46. The summed E-state index contributed by atoms with van der Waals surface area (Å²) in [6.07, 6.45) is 0. The molecule has 0 aliphatic rings. The van der Waals surface area contributed by atoms with Crippen LogP contribution in [0, 0.1) is 10.1 Å². The lowest BCUT2D eigenvalue weighted by Crippen LogP contribution is -2.22. The summed E-state index contributed by atoms with van der Waals surface area (Å²) in [4.78, 5) is 22.1. The van der Waals surface area contributed by atoms with Crippen LogP contribution in [0.3, 0.4) is 0 Å². The Labute approximate surface area is 123 Å². The fourth-order valence-corrected chi connectivity index (χ4v) is 1.91. The fraction of sp³-hybridized carbons (Fsp3) is 0.0714. The van der Waals surface area contributed by atoms with Crippen molar-refractivity contribution in [3.63, 3.8) is 0 Å². The smallest absolute Gasteiger partial charge is 0.270 e. The zero-order valence-electron chi connectivity index (χ0n) is 10.4. The SMILES string of the molecule is O=C(NCc1ccc(Br)cc1)c1cccc([N+](=O)[O-])c1. The molecular formula is C14H11BrN2O3. The summed E-state index contributed by atoms with van der Waals surface area (Å²) < 4.78 is 0.964. The molecule has 0 bridgehead atoms. The number of nitrogens with zero attached hydrogens (tertiary/aromatic N) is 1. The summed E-state index contributed by atoms with van der Waals surface area (Å²) in [6.45, 7) is 0.370. The van der Waals surface area contributed by atoms with E-state index in [-0.39, 0.29) is 17.2 Å². The Bertz CT molecular complexity index is 641. The van der Waals surface area contributed by atoms with Crippen molar-refractivity contribution in [3.8, 4) is 0 Å². The number of amides is 1. The predicted molar refractivity (Wildman–Crippen MR) is 78.4 cm³/mol. The Morgan fingerprint density at radius 1 is 1.20 bits per heavy atom. The number of non-ortho nitro benzene ring substituents is 1. The molecule has 0 fully saturated rings. The van der Waals surface area contributed by atoms with E-state index in [0.717, 1.165) is 10.0 Å². The lowest BCUT2D eigenvalue weighted by molar-refractivity contribution is -0.384. The molecule has 0 saturated carbocycles. The third kappa shape index (κ3) is 3.64. The van der Waals surface area contributed by atoms with Crippen molar-refractivity contribution < 1.29 is 9.72 Å². The molecule has 0 aromatic heterocycles. The van der Waals surface area contributed by atoms with Gasteiger partial charge in [0.1, 0.15) is 0 Å². The minimum Gasteiger partial charge on any atom is -0.348 e. The summed E-state index contributed by atoms with van der Waals surface area (Å²) in [7, 11) is 0. The molecule has 102 valence electrons. The van der Waals surface area contributed by atoms with E-state index < -0.39 is 4.92 Å². The Morgan fingerprint density at radius 2 is 1.90 bits per heavy atom. The Morgan fingerprint density at radius 3 is 2.55 bits per heavy atom. The van der Waals surface area contributed by atoms with Gasteiger partial charge in [0.25, 0.3) is 11.6 Å². The van der Waals surface area contributed by atoms with Gasteiger partial charge in [-0.2, -0.15) is 0 Å². The van der Waals surface area contributed by atoms with Crippen molar-refractivity contribution >= 4 is 27.5 Å². The number of nitrogens with one attached hydrogen (secondary N) is 1. The van der Waals surface area contributed by atoms with Gasteiger partial charge in [-0.05, 0) is 23.8 Å². The molecular weight excluding hydrogens is 324 g/mol. The standard InChI is InChI=1S/C14H11BrN2O3/c15-12-6-4-10(5-7-12)9-16-14(18)11-2-1-3-13(8-11)17(19)20/h1-8H,9H2,(H,16,18). The molecule has 0 spiro atoms. The maximum Gasteiger partial charge on any atom is 0.270 e. The maximum atomic E-state index is 11.9. The molecule has 0 unspecified atom stereocenters. The molecule has 0 radical (unpaired) electrons. The second-order valence-electron chi connectivity index (χ2n) is 4.12. The van der Waals surface area contributed by atoms with Gasteiger partial charge in [-0.1, -0.05) is 34.1 Å². The number of halogens is 1. The quantitative estimate of drug-likeness (QED) is 0.688. The van der Waals surface area contributed by atoms with Gasteiger partial charge in [-0.3, -0.25) is 14.9 Å². The van der Waals surface area contributed by atoms with E-state index >= 15 is 0 Å². The first-order valence-corrected chi connectivity index (χ1v) is 6.62.